The average molecular weight is 384 g/mol. The first-order valence-electron chi connectivity index (χ1n) is 7.59. The van der Waals surface area contributed by atoms with Gasteiger partial charge in [-0.25, -0.2) is 4.79 Å². The van der Waals surface area contributed by atoms with Crippen molar-refractivity contribution in [3.63, 3.8) is 0 Å². The van der Waals surface area contributed by atoms with Crippen LogP contribution in [0.4, 0.5) is 29.3 Å². The molecule has 0 radical (unpaired) electrons. The number of hydrogen-bond donors (Lipinski definition) is 2. The predicted molar refractivity (Wildman–Crippen MR) is 91.6 cm³/mol. The number of amides is 3. The highest BCUT2D eigenvalue weighted by atomic mass is 35.5. The van der Waals surface area contributed by atoms with Crippen molar-refractivity contribution in [2.75, 3.05) is 23.3 Å². The summed E-state index contributed by atoms with van der Waals surface area (Å²) >= 11 is 5.56. The second-order valence-electron chi connectivity index (χ2n) is 5.58. The summed E-state index contributed by atoms with van der Waals surface area (Å²) in [6, 6.07) is 9.12. The van der Waals surface area contributed by atoms with Crippen LogP contribution in [0.3, 0.4) is 0 Å². The summed E-state index contributed by atoms with van der Waals surface area (Å²) < 4.78 is 38.6. The van der Waals surface area contributed by atoms with E-state index in [-0.39, 0.29) is 17.3 Å². The third kappa shape index (κ3) is 3.75. The Morgan fingerprint density at radius 2 is 1.85 bits per heavy atom. The second-order valence-corrected chi connectivity index (χ2v) is 5.98. The molecule has 2 aromatic carbocycles. The SMILES string of the molecule is O=C(Nc1ccc(Cl)c(C(F)(F)F)c1)c1ccc(N2CCNC2=O)cc1. The van der Waals surface area contributed by atoms with E-state index < -0.39 is 22.7 Å². The number of nitrogens with zero attached hydrogens (tertiary/aromatic N) is 1. The van der Waals surface area contributed by atoms with Gasteiger partial charge in [-0.05, 0) is 42.5 Å². The van der Waals surface area contributed by atoms with Crippen molar-refractivity contribution in [2.45, 2.75) is 6.18 Å². The molecule has 2 N–H and O–H groups in total. The Hall–Kier alpha value is -2.74. The van der Waals surface area contributed by atoms with Crippen LogP contribution in [-0.2, 0) is 6.18 Å². The average Bonchev–Trinajstić information content (AvgIpc) is 3.01. The lowest BCUT2D eigenvalue weighted by Gasteiger charge is -2.15. The Morgan fingerprint density at radius 1 is 1.15 bits per heavy atom. The molecule has 26 heavy (non-hydrogen) atoms. The fourth-order valence-electron chi connectivity index (χ4n) is 2.53. The van der Waals surface area contributed by atoms with Crippen LogP contribution in [0.5, 0.6) is 0 Å². The third-order valence-corrected chi connectivity index (χ3v) is 4.16. The number of urea groups is 1. The fourth-order valence-corrected chi connectivity index (χ4v) is 2.76. The fraction of sp³-hybridized carbons (Fsp3) is 0.176. The van der Waals surface area contributed by atoms with Crippen LogP contribution in [0, 0.1) is 0 Å². The zero-order valence-electron chi connectivity index (χ0n) is 13.2. The molecule has 1 aliphatic heterocycles. The van der Waals surface area contributed by atoms with E-state index in [1.165, 1.54) is 23.1 Å². The van der Waals surface area contributed by atoms with Crippen LogP contribution >= 0.6 is 11.6 Å². The van der Waals surface area contributed by atoms with Gasteiger partial charge in [-0.1, -0.05) is 11.6 Å². The Bertz CT molecular complexity index is 853. The van der Waals surface area contributed by atoms with Crippen LogP contribution in [0.15, 0.2) is 42.5 Å². The molecule has 2 aromatic rings. The summed E-state index contributed by atoms with van der Waals surface area (Å²) in [6.45, 7) is 1.06. The summed E-state index contributed by atoms with van der Waals surface area (Å²) in [5.74, 6) is -0.571. The number of halogens is 4. The molecular formula is C17H13ClF3N3O2. The molecule has 1 fully saturated rings. The number of carbonyl (C=O) groups excluding carboxylic acids is 2. The molecule has 9 heteroatoms. The standard InChI is InChI=1S/C17H13ClF3N3O2/c18-14-6-3-11(9-13(14)17(19,20)21)23-15(25)10-1-4-12(5-2-10)24-8-7-22-16(24)26/h1-6,9H,7-8H2,(H,22,26)(H,23,25). The number of nitrogens with one attached hydrogen (secondary N) is 2. The van der Waals surface area contributed by atoms with Crippen LogP contribution in [0.25, 0.3) is 0 Å². The van der Waals surface area contributed by atoms with Gasteiger partial charge in [-0.3, -0.25) is 9.69 Å². The lowest BCUT2D eigenvalue weighted by molar-refractivity contribution is -0.137. The molecule has 0 unspecified atom stereocenters. The van der Waals surface area contributed by atoms with E-state index in [9.17, 15) is 22.8 Å². The van der Waals surface area contributed by atoms with Crippen LogP contribution in [0.2, 0.25) is 5.02 Å². The van der Waals surface area contributed by atoms with E-state index in [1.54, 1.807) is 12.1 Å². The number of benzene rings is 2. The lowest BCUT2D eigenvalue weighted by Crippen LogP contribution is -2.27. The molecule has 1 saturated heterocycles. The minimum absolute atomic E-state index is 0.0188. The normalized spacial score (nSPS) is 14.3. The highest BCUT2D eigenvalue weighted by Gasteiger charge is 2.33. The zero-order valence-corrected chi connectivity index (χ0v) is 14.0. The molecule has 136 valence electrons. The minimum atomic E-state index is -4.62. The molecule has 1 heterocycles. The van der Waals surface area contributed by atoms with E-state index in [1.807, 2.05) is 0 Å². The number of anilines is 2. The third-order valence-electron chi connectivity index (χ3n) is 3.83. The summed E-state index contributed by atoms with van der Waals surface area (Å²) in [4.78, 5) is 25.4. The molecule has 5 nitrogen and oxygen atoms in total. The topological polar surface area (TPSA) is 61.4 Å². The van der Waals surface area contributed by atoms with Crippen LogP contribution in [-0.4, -0.2) is 25.0 Å². The smallest absolute Gasteiger partial charge is 0.336 e. The summed E-state index contributed by atoms with van der Waals surface area (Å²) in [5.41, 5.74) is -0.165. The van der Waals surface area contributed by atoms with Gasteiger partial charge in [0.1, 0.15) is 0 Å². The molecule has 0 aromatic heterocycles. The zero-order chi connectivity index (χ0) is 18.9. The van der Waals surface area contributed by atoms with E-state index in [2.05, 4.69) is 10.6 Å². The molecule has 0 bridgehead atoms. The quantitative estimate of drug-likeness (QED) is 0.836. The number of alkyl halides is 3. The molecule has 0 aliphatic carbocycles. The summed E-state index contributed by atoms with van der Waals surface area (Å²) in [6.07, 6.45) is -4.62. The van der Waals surface area contributed by atoms with Crippen molar-refractivity contribution in [3.05, 3.63) is 58.6 Å². The maximum Gasteiger partial charge on any atom is 0.417 e. The van der Waals surface area contributed by atoms with Crippen molar-refractivity contribution in [1.29, 1.82) is 0 Å². The minimum Gasteiger partial charge on any atom is -0.336 e. The van der Waals surface area contributed by atoms with E-state index in [0.717, 1.165) is 12.1 Å². The Labute approximate surface area is 151 Å². The first-order chi connectivity index (χ1) is 12.3. The second kappa shape index (κ2) is 6.87. The summed E-state index contributed by atoms with van der Waals surface area (Å²) in [5, 5.41) is 4.63. The van der Waals surface area contributed by atoms with Crippen molar-refractivity contribution in [2.24, 2.45) is 0 Å². The maximum atomic E-state index is 12.9. The van der Waals surface area contributed by atoms with Crippen molar-refractivity contribution >= 4 is 34.9 Å². The lowest BCUT2D eigenvalue weighted by atomic mass is 10.1. The van der Waals surface area contributed by atoms with Gasteiger partial charge < -0.3 is 10.6 Å². The predicted octanol–water partition coefficient (Wildman–Crippen LogP) is 4.14. The van der Waals surface area contributed by atoms with E-state index in [0.29, 0.717) is 18.8 Å². The molecule has 0 spiro atoms. The first kappa shape index (κ1) is 18.1. The molecule has 3 amide bonds. The van der Waals surface area contributed by atoms with E-state index >= 15 is 0 Å². The van der Waals surface area contributed by atoms with Crippen molar-refractivity contribution < 1.29 is 22.8 Å². The highest BCUT2D eigenvalue weighted by molar-refractivity contribution is 6.31. The van der Waals surface area contributed by atoms with Gasteiger partial charge in [0.05, 0.1) is 10.6 Å². The maximum absolute atomic E-state index is 12.9. The van der Waals surface area contributed by atoms with E-state index in [4.69, 9.17) is 11.6 Å². The van der Waals surface area contributed by atoms with Gasteiger partial charge >= 0.3 is 12.2 Å². The number of hydrogen-bond acceptors (Lipinski definition) is 2. The highest BCUT2D eigenvalue weighted by Crippen LogP contribution is 2.36. The van der Waals surface area contributed by atoms with Gasteiger partial charge in [-0.15, -0.1) is 0 Å². The number of rotatable bonds is 3. The van der Waals surface area contributed by atoms with Gasteiger partial charge in [0.25, 0.3) is 5.91 Å². The van der Waals surface area contributed by atoms with Crippen molar-refractivity contribution in [1.82, 2.24) is 5.32 Å². The Kier molecular flexibility index (Phi) is 4.78. The molecular weight excluding hydrogens is 371 g/mol. The molecule has 1 aliphatic rings. The van der Waals surface area contributed by atoms with Crippen LogP contribution in [0.1, 0.15) is 15.9 Å². The van der Waals surface area contributed by atoms with Crippen molar-refractivity contribution in [3.8, 4) is 0 Å². The largest absolute Gasteiger partial charge is 0.417 e. The molecule has 0 atom stereocenters. The molecule has 0 saturated carbocycles. The Balaban J connectivity index is 1.75. The van der Waals surface area contributed by atoms with Gasteiger partial charge in [0.15, 0.2) is 0 Å². The van der Waals surface area contributed by atoms with Gasteiger partial charge in [-0.2, -0.15) is 13.2 Å². The number of carbonyl (C=O) groups is 2. The monoisotopic (exact) mass is 383 g/mol. The summed E-state index contributed by atoms with van der Waals surface area (Å²) in [7, 11) is 0. The van der Waals surface area contributed by atoms with Crippen LogP contribution < -0.4 is 15.5 Å². The molecule has 3 rings (SSSR count). The Morgan fingerprint density at radius 3 is 2.42 bits per heavy atom. The first-order valence-corrected chi connectivity index (χ1v) is 7.97. The van der Waals surface area contributed by atoms with Gasteiger partial charge in [0, 0.05) is 30.0 Å². The van der Waals surface area contributed by atoms with Gasteiger partial charge in [0.2, 0.25) is 0 Å².